The van der Waals surface area contributed by atoms with Crippen LogP contribution in [0.2, 0.25) is 0 Å². The summed E-state index contributed by atoms with van der Waals surface area (Å²) < 4.78 is 27.0. The fraction of sp³-hybridized carbons (Fsp3) is 0.417. The Kier molecular flexibility index (Phi) is 5.15. The number of rotatable bonds is 7. The Morgan fingerprint density at radius 2 is 1.88 bits per heavy atom. The molecule has 0 aliphatic heterocycles. The molecule has 0 radical (unpaired) electrons. The summed E-state index contributed by atoms with van der Waals surface area (Å²) in [5, 5.41) is 0. The third-order valence-corrected chi connectivity index (χ3v) is 3.14. The molecule has 0 aliphatic carbocycles. The first kappa shape index (κ1) is 13.7. The SMILES string of the molecule is CS(=O)(=O)CCCC(=O)COc1ccccc1. The molecular weight excluding hydrogens is 240 g/mol. The quantitative estimate of drug-likeness (QED) is 0.741. The van der Waals surface area contributed by atoms with Crippen LogP contribution in [0, 0.1) is 0 Å². The highest BCUT2D eigenvalue weighted by molar-refractivity contribution is 7.90. The average Bonchev–Trinajstić information content (AvgIpc) is 2.26. The van der Waals surface area contributed by atoms with Crippen LogP contribution in [0.25, 0.3) is 0 Å². The van der Waals surface area contributed by atoms with Crippen molar-refractivity contribution < 1.29 is 17.9 Å². The summed E-state index contributed by atoms with van der Waals surface area (Å²) in [6, 6.07) is 9.04. The molecule has 1 rings (SSSR count). The monoisotopic (exact) mass is 256 g/mol. The van der Waals surface area contributed by atoms with Crippen molar-refractivity contribution >= 4 is 15.6 Å². The lowest BCUT2D eigenvalue weighted by Gasteiger charge is -2.04. The van der Waals surface area contributed by atoms with Crippen molar-refractivity contribution in [2.45, 2.75) is 12.8 Å². The predicted octanol–water partition coefficient (Wildman–Crippen LogP) is 1.46. The molecule has 5 heteroatoms. The second-order valence-corrected chi connectivity index (χ2v) is 6.13. The second kappa shape index (κ2) is 6.39. The minimum Gasteiger partial charge on any atom is -0.486 e. The van der Waals surface area contributed by atoms with Crippen LogP contribution in [0.15, 0.2) is 30.3 Å². The van der Waals surface area contributed by atoms with Gasteiger partial charge in [-0.2, -0.15) is 0 Å². The van der Waals surface area contributed by atoms with E-state index in [1.807, 2.05) is 18.2 Å². The number of Topliss-reactive ketones (excluding diaryl/α,β-unsaturated/α-hetero) is 1. The van der Waals surface area contributed by atoms with Gasteiger partial charge in [0, 0.05) is 12.7 Å². The van der Waals surface area contributed by atoms with E-state index in [0.29, 0.717) is 12.2 Å². The van der Waals surface area contributed by atoms with Gasteiger partial charge in [0.1, 0.15) is 22.2 Å². The molecule has 94 valence electrons. The van der Waals surface area contributed by atoms with Gasteiger partial charge in [0.15, 0.2) is 5.78 Å². The molecule has 0 bridgehead atoms. The summed E-state index contributed by atoms with van der Waals surface area (Å²) in [7, 11) is -2.98. The molecule has 0 saturated carbocycles. The summed E-state index contributed by atoms with van der Waals surface area (Å²) in [5.74, 6) is 0.603. The van der Waals surface area contributed by atoms with Crippen LogP contribution in [0.1, 0.15) is 12.8 Å². The highest BCUT2D eigenvalue weighted by Crippen LogP contribution is 2.08. The molecule has 0 aliphatic rings. The van der Waals surface area contributed by atoms with Gasteiger partial charge in [-0.25, -0.2) is 8.42 Å². The van der Waals surface area contributed by atoms with Gasteiger partial charge in [0.25, 0.3) is 0 Å². The van der Waals surface area contributed by atoms with Crippen molar-refractivity contribution in [1.82, 2.24) is 0 Å². The minimum absolute atomic E-state index is 0.00618. The van der Waals surface area contributed by atoms with Gasteiger partial charge in [-0.05, 0) is 18.6 Å². The van der Waals surface area contributed by atoms with Gasteiger partial charge in [-0.3, -0.25) is 4.79 Å². The Bertz CT molecular complexity index is 451. The average molecular weight is 256 g/mol. The van der Waals surface area contributed by atoms with Crippen LogP contribution in [0.3, 0.4) is 0 Å². The Morgan fingerprint density at radius 1 is 1.24 bits per heavy atom. The lowest BCUT2D eigenvalue weighted by Crippen LogP contribution is -2.13. The van der Waals surface area contributed by atoms with Gasteiger partial charge in [0.05, 0.1) is 5.75 Å². The first-order chi connectivity index (χ1) is 7.97. The number of benzene rings is 1. The van der Waals surface area contributed by atoms with Crippen molar-refractivity contribution in [3.05, 3.63) is 30.3 Å². The van der Waals surface area contributed by atoms with E-state index in [4.69, 9.17) is 4.74 Å². The fourth-order valence-electron chi connectivity index (χ4n) is 1.28. The van der Waals surface area contributed by atoms with E-state index in [-0.39, 0.29) is 24.6 Å². The molecular formula is C12H16O4S. The van der Waals surface area contributed by atoms with Gasteiger partial charge in [0.2, 0.25) is 0 Å². The Morgan fingerprint density at radius 3 is 2.47 bits per heavy atom. The van der Waals surface area contributed by atoms with E-state index in [1.54, 1.807) is 12.1 Å². The number of carbonyl (C=O) groups is 1. The van der Waals surface area contributed by atoms with E-state index in [9.17, 15) is 13.2 Å². The normalized spacial score (nSPS) is 11.1. The van der Waals surface area contributed by atoms with E-state index >= 15 is 0 Å². The molecule has 0 aromatic heterocycles. The lowest BCUT2D eigenvalue weighted by atomic mass is 10.2. The molecule has 0 atom stereocenters. The molecule has 0 fully saturated rings. The zero-order valence-electron chi connectivity index (χ0n) is 9.76. The van der Waals surface area contributed by atoms with E-state index in [0.717, 1.165) is 6.26 Å². The van der Waals surface area contributed by atoms with Crippen LogP contribution in [-0.2, 0) is 14.6 Å². The minimum atomic E-state index is -2.98. The van der Waals surface area contributed by atoms with Crippen molar-refractivity contribution in [3.63, 3.8) is 0 Å². The first-order valence-electron chi connectivity index (χ1n) is 5.34. The van der Waals surface area contributed by atoms with Gasteiger partial charge >= 0.3 is 0 Å². The number of hydrogen-bond acceptors (Lipinski definition) is 4. The summed E-state index contributed by atoms with van der Waals surface area (Å²) >= 11 is 0. The third kappa shape index (κ3) is 6.73. The van der Waals surface area contributed by atoms with Crippen molar-refractivity contribution in [2.24, 2.45) is 0 Å². The van der Waals surface area contributed by atoms with E-state index in [2.05, 4.69) is 0 Å². The Balaban J connectivity index is 2.22. The van der Waals surface area contributed by atoms with E-state index in [1.165, 1.54) is 0 Å². The molecule has 17 heavy (non-hydrogen) atoms. The van der Waals surface area contributed by atoms with Crippen LogP contribution < -0.4 is 4.74 Å². The maximum absolute atomic E-state index is 11.4. The topological polar surface area (TPSA) is 60.4 Å². The van der Waals surface area contributed by atoms with Gasteiger partial charge < -0.3 is 4.74 Å². The number of ether oxygens (including phenoxy) is 1. The molecule has 1 aromatic carbocycles. The zero-order valence-corrected chi connectivity index (χ0v) is 10.6. The Hall–Kier alpha value is -1.36. The second-order valence-electron chi connectivity index (χ2n) is 3.87. The van der Waals surface area contributed by atoms with Crippen LogP contribution in [0.5, 0.6) is 5.75 Å². The molecule has 0 unspecified atom stereocenters. The first-order valence-corrected chi connectivity index (χ1v) is 7.41. The van der Waals surface area contributed by atoms with E-state index < -0.39 is 9.84 Å². The summed E-state index contributed by atoms with van der Waals surface area (Å²) in [5.41, 5.74) is 0. The summed E-state index contributed by atoms with van der Waals surface area (Å²) in [4.78, 5) is 11.4. The van der Waals surface area contributed by atoms with Crippen LogP contribution in [-0.4, -0.2) is 32.8 Å². The van der Waals surface area contributed by atoms with Crippen molar-refractivity contribution in [1.29, 1.82) is 0 Å². The molecule has 0 saturated heterocycles. The van der Waals surface area contributed by atoms with Crippen LogP contribution >= 0.6 is 0 Å². The molecule has 4 nitrogen and oxygen atoms in total. The highest BCUT2D eigenvalue weighted by Gasteiger charge is 2.06. The maximum Gasteiger partial charge on any atom is 0.170 e. The molecule has 0 N–H and O–H groups in total. The molecule has 0 amide bonds. The molecule has 0 heterocycles. The van der Waals surface area contributed by atoms with Crippen LogP contribution in [0.4, 0.5) is 0 Å². The summed E-state index contributed by atoms with van der Waals surface area (Å²) in [6.07, 6.45) is 1.76. The zero-order chi connectivity index (χ0) is 12.7. The van der Waals surface area contributed by atoms with Crippen molar-refractivity contribution in [3.8, 4) is 5.75 Å². The molecule has 1 aromatic rings. The van der Waals surface area contributed by atoms with Crippen molar-refractivity contribution in [2.75, 3.05) is 18.6 Å². The number of para-hydroxylation sites is 1. The predicted molar refractivity (Wildman–Crippen MR) is 65.9 cm³/mol. The number of sulfone groups is 1. The number of ketones is 1. The standard InChI is InChI=1S/C12H16O4S/c1-17(14,15)9-5-6-11(13)10-16-12-7-3-2-4-8-12/h2-4,7-8H,5-6,9-10H2,1H3. The lowest BCUT2D eigenvalue weighted by molar-refractivity contribution is -0.121. The largest absolute Gasteiger partial charge is 0.486 e. The Labute approximate surface area is 102 Å². The summed E-state index contributed by atoms with van der Waals surface area (Å²) in [6.45, 7) is -0.00618. The fourth-order valence-corrected chi connectivity index (χ4v) is 1.95. The van der Waals surface area contributed by atoms with Gasteiger partial charge in [-0.1, -0.05) is 18.2 Å². The number of carbonyl (C=O) groups excluding carboxylic acids is 1. The third-order valence-electron chi connectivity index (χ3n) is 2.11. The highest BCUT2D eigenvalue weighted by atomic mass is 32.2. The molecule has 0 spiro atoms. The smallest absolute Gasteiger partial charge is 0.170 e. The number of hydrogen-bond donors (Lipinski definition) is 0. The van der Waals surface area contributed by atoms with Gasteiger partial charge in [-0.15, -0.1) is 0 Å². The maximum atomic E-state index is 11.4.